The van der Waals surface area contributed by atoms with Crippen LogP contribution in [0.3, 0.4) is 0 Å². The summed E-state index contributed by atoms with van der Waals surface area (Å²) < 4.78 is 25.7. The molecule has 1 rings (SSSR count). The number of carbonyl (C=O) groups is 2. The zero-order valence-corrected chi connectivity index (χ0v) is 10.8. The maximum Gasteiger partial charge on any atom is 0.252 e. The predicted molar refractivity (Wildman–Crippen MR) is 66.6 cm³/mol. The van der Waals surface area contributed by atoms with Crippen LogP contribution < -0.4 is 10.6 Å². The summed E-state index contributed by atoms with van der Waals surface area (Å²) >= 11 is 0. The summed E-state index contributed by atoms with van der Waals surface area (Å²) in [5.74, 6) is -3.07. The van der Waals surface area contributed by atoms with E-state index in [0.29, 0.717) is 6.54 Å². The Hall–Kier alpha value is -1.98. The van der Waals surface area contributed by atoms with E-state index in [1.54, 1.807) is 0 Å². The third kappa shape index (κ3) is 4.31. The molecular weight excluding hydrogens is 254 g/mol. The van der Waals surface area contributed by atoms with E-state index < -0.39 is 23.6 Å². The molecule has 6 heteroatoms. The van der Waals surface area contributed by atoms with Gasteiger partial charge in [-0.15, -0.1) is 0 Å². The molecule has 0 bridgehead atoms. The molecule has 0 saturated heterocycles. The van der Waals surface area contributed by atoms with Crippen LogP contribution >= 0.6 is 0 Å². The largest absolute Gasteiger partial charge is 0.354 e. The van der Waals surface area contributed by atoms with Crippen molar-refractivity contribution in [1.82, 2.24) is 10.6 Å². The van der Waals surface area contributed by atoms with Crippen molar-refractivity contribution in [2.45, 2.75) is 26.3 Å². The molecule has 0 aromatic heterocycles. The molecule has 4 nitrogen and oxygen atoms in total. The first kappa shape index (κ1) is 15.1. The second kappa shape index (κ2) is 6.82. The van der Waals surface area contributed by atoms with E-state index in [9.17, 15) is 18.4 Å². The molecular formula is C13H16F2N2O2. The number of benzene rings is 1. The van der Waals surface area contributed by atoms with E-state index in [1.807, 2.05) is 6.92 Å². The number of nitrogens with one attached hydrogen (secondary N) is 2. The van der Waals surface area contributed by atoms with Crippen molar-refractivity contribution in [1.29, 1.82) is 0 Å². The van der Waals surface area contributed by atoms with Crippen LogP contribution in [0.1, 0.15) is 30.6 Å². The number of carbonyl (C=O) groups excluding carboxylic acids is 2. The third-order valence-corrected chi connectivity index (χ3v) is 2.47. The van der Waals surface area contributed by atoms with E-state index in [-0.39, 0.29) is 11.5 Å². The molecule has 0 unspecified atom stereocenters. The fourth-order valence-corrected chi connectivity index (χ4v) is 1.38. The van der Waals surface area contributed by atoms with Gasteiger partial charge in [0.05, 0.1) is 0 Å². The topological polar surface area (TPSA) is 58.2 Å². The molecule has 0 saturated carbocycles. The van der Waals surface area contributed by atoms with Crippen molar-refractivity contribution < 1.29 is 18.4 Å². The van der Waals surface area contributed by atoms with Gasteiger partial charge < -0.3 is 10.6 Å². The molecule has 0 radical (unpaired) electrons. The lowest BCUT2D eigenvalue weighted by Gasteiger charge is -2.13. The van der Waals surface area contributed by atoms with Gasteiger partial charge in [-0.3, -0.25) is 9.59 Å². The molecule has 0 aliphatic rings. The molecule has 1 atom stereocenters. The van der Waals surface area contributed by atoms with E-state index >= 15 is 0 Å². The van der Waals surface area contributed by atoms with E-state index in [1.165, 1.54) is 6.92 Å². The molecule has 2 N–H and O–H groups in total. The Bertz CT molecular complexity index is 478. The van der Waals surface area contributed by atoms with Crippen molar-refractivity contribution in [2.75, 3.05) is 6.54 Å². The van der Waals surface area contributed by atoms with E-state index in [2.05, 4.69) is 10.6 Å². The number of hydrogen-bond acceptors (Lipinski definition) is 2. The van der Waals surface area contributed by atoms with Crippen LogP contribution in [0.5, 0.6) is 0 Å². The van der Waals surface area contributed by atoms with Gasteiger partial charge in [-0.25, -0.2) is 8.78 Å². The minimum atomic E-state index is -1.10. The highest BCUT2D eigenvalue weighted by molar-refractivity contribution is 5.97. The second-order valence-corrected chi connectivity index (χ2v) is 4.12. The van der Waals surface area contributed by atoms with Gasteiger partial charge >= 0.3 is 0 Å². The first-order valence-corrected chi connectivity index (χ1v) is 5.99. The Morgan fingerprint density at radius 2 is 1.95 bits per heavy atom. The van der Waals surface area contributed by atoms with E-state index in [0.717, 1.165) is 24.6 Å². The monoisotopic (exact) mass is 270 g/mol. The molecule has 0 aliphatic heterocycles. The number of hydrogen-bond donors (Lipinski definition) is 2. The van der Waals surface area contributed by atoms with Crippen LogP contribution in [-0.2, 0) is 4.79 Å². The fraction of sp³-hybridized carbons (Fsp3) is 0.385. The minimum Gasteiger partial charge on any atom is -0.354 e. The Labute approximate surface area is 110 Å². The summed E-state index contributed by atoms with van der Waals surface area (Å²) in [7, 11) is 0. The predicted octanol–water partition coefficient (Wildman–Crippen LogP) is 1.61. The average molecular weight is 270 g/mol. The normalized spacial score (nSPS) is 11.8. The second-order valence-electron chi connectivity index (χ2n) is 4.12. The van der Waals surface area contributed by atoms with Gasteiger partial charge in [0, 0.05) is 12.1 Å². The third-order valence-electron chi connectivity index (χ3n) is 2.47. The Kier molecular flexibility index (Phi) is 5.41. The Balaban J connectivity index is 2.63. The maximum atomic E-state index is 13.0. The molecule has 0 heterocycles. The number of halogens is 2. The van der Waals surface area contributed by atoms with Gasteiger partial charge in [-0.2, -0.15) is 0 Å². The summed E-state index contributed by atoms with van der Waals surface area (Å²) in [6.45, 7) is 3.94. The Morgan fingerprint density at radius 3 is 2.53 bits per heavy atom. The summed E-state index contributed by atoms with van der Waals surface area (Å²) in [4.78, 5) is 23.2. The van der Waals surface area contributed by atoms with Crippen molar-refractivity contribution in [2.24, 2.45) is 0 Å². The quantitative estimate of drug-likeness (QED) is 0.854. The summed E-state index contributed by atoms with van der Waals surface area (Å²) in [5, 5.41) is 5.03. The standard InChI is InChI=1S/C13H16F2N2O2/c1-3-6-16-12(18)8(2)17-13(19)9-4-5-10(14)11(15)7-9/h4-5,7-8H,3,6H2,1-2H3,(H,16,18)(H,17,19)/t8-/m1/s1. The minimum absolute atomic E-state index is 0.0333. The summed E-state index contributed by atoms with van der Waals surface area (Å²) in [5.41, 5.74) is -0.0333. The molecule has 0 fully saturated rings. The van der Waals surface area contributed by atoms with Gasteiger partial charge in [-0.05, 0) is 31.5 Å². The molecule has 0 aliphatic carbocycles. The highest BCUT2D eigenvalue weighted by Crippen LogP contribution is 2.08. The van der Waals surface area contributed by atoms with Gasteiger partial charge in [-0.1, -0.05) is 6.92 Å². The highest BCUT2D eigenvalue weighted by atomic mass is 19.2. The average Bonchev–Trinajstić information content (AvgIpc) is 2.38. The van der Waals surface area contributed by atoms with Crippen LogP contribution in [0.25, 0.3) is 0 Å². The lowest BCUT2D eigenvalue weighted by atomic mass is 10.2. The van der Waals surface area contributed by atoms with Crippen molar-refractivity contribution in [3.63, 3.8) is 0 Å². The van der Waals surface area contributed by atoms with Crippen LogP contribution in [0, 0.1) is 11.6 Å². The van der Waals surface area contributed by atoms with Crippen molar-refractivity contribution >= 4 is 11.8 Å². The number of rotatable bonds is 5. The molecule has 1 aromatic rings. The summed E-state index contributed by atoms with van der Waals surface area (Å²) in [6, 6.07) is 2.07. The van der Waals surface area contributed by atoms with Gasteiger partial charge in [0.1, 0.15) is 6.04 Å². The number of amides is 2. The van der Waals surface area contributed by atoms with Gasteiger partial charge in [0.2, 0.25) is 5.91 Å². The molecule has 0 spiro atoms. The SMILES string of the molecule is CCCNC(=O)[C@@H](C)NC(=O)c1ccc(F)c(F)c1. The summed E-state index contributed by atoms with van der Waals surface area (Å²) in [6.07, 6.45) is 0.787. The lowest BCUT2D eigenvalue weighted by Crippen LogP contribution is -2.45. The highest BCUT2D eigenvalue weighted by Gasteiger charge is 2.17. The van der Waals surface area contributed by atoms with Crippen LogP contribution in [0.4, 0.5) is 8.78 Å². The van der Waals surface area contributed by atoms with Gasteiger partial charge in [0.25, 0.3) is 5.91 Å². The lowest BCUT2D eigenvalue weighted by molar-refractivity contribution is -0.122. The molecule has 104 valence electrons. The van der Waals surface area contributed by atoms with Crippen molar-refractivity contribution in [3.8, 4) is 0 Å². The van der Waals surface area contributed by atoms with Crippen LogP contribution in [0.15, 0.2) is 18.2 Å². The van der Waals surface area contributed by atoms with Crippen LogP contribution in [-0.4, -0.2) is 24.4 Å². The smallest absolute Gasteiger partial charge is 0.252 e. The van der Waals surface area contributed by atoms with Crippen LogP contribution in [0.2, 0.25) is 0 Å². The van der Waals surface area contributed by atoms with E-state index in [4.69, 9.17) is 0 Å². The fourth-order valence-electron chi connectivity index (χ4n) is 1.38. The molecule has 1 aromatic carbocycles. The van der Waals surface area contributed by atoms with Crippen molar-refractivity contribution in [3.05, 3.63) is 35.4 Å². The zero-order valence-electron chi connectivity index (χ0n) is 10.8. The Morgan fingerprint density at radius 1 is 1.26 bits per heavy atom. The molecule has 19 heavy (non-hydrogen) atoms. The molecule has 2 amide bonds. The first-order valence-electron chi connectivity index (χ1n) is 5.99. The first-order chi connectivity index (χ1) is 8.95. The van der Waals surface area contributed by atoms with Gasteiger partial charge in [0.15, 0.2) is 11.6 Å². The zero-order chi connectivity index (χ0) is 14.4. The maximum absolute atomic E-state index is 13.0.